The Bertz CT molecular complexity index is 189. The van der Waals surface area contributed by atoms with Crippen LogP contribution >= 0.6 is 0 Å². The predicted molar refractivity (Wildman–Crippen MR) is 51.9 cm³/mol. The summed E-state index contributed by atoms with van der Waals surface area (Å²) in [5.41, 5.74) is 0. The summed E-state index contributed by atoms with van der Waals surface area (Å²) in [7, 11) is 1.55. The van der Waals surface area contributed by atoms with Crippen LogP contribution in [-0.2, 0) is 19.1 Å². The molecule has 0 radical (unpaired) electrons. The largest absolute Gasteiger partial charge is 0.466 e. The Morgan fingerprint density at radius 1 is 1.29 bits per heavy atom. The Hall–Kier alpha value is -0.900. The lowest BCUT2D eigenvalue weighted by Crippen LogP contribution is -2.17. The second-order valence-electron chi connectivity index (χ2n) is 3.13. The summed E-state index contributed by atoms with van der Waals surface area (Å²) in [5, 5.41) is 0. The van der Waals surface area contributed by atoms with Crippen molar-refractivity contribution in [2.75, 3.05) is 20.3 Å². The molecule has 0 fully saturated rings. The van der Waals surface area contributed by atoms with Crippen LogP contribution in [0.25, 0.3) is 0 Å². The summed E-state index contributed by atoms with van der Waals surface area (Å²) < 4.78 is 9.55. The van der Waals surface area contributed by atoms with Crippen molar-refractivity contribution in [2.24, 2.45) is 5.92 Å². The van der Waals surface area contributed by atoms with Gasteiger partial charge < -0.3 is 9.47 Å². The first-order valence-electron chi connectivity index (χ1n) is 4.79. The second-order valence-corrected chi connectivity index (χ2v) is 3.13. The summed E-state index contributed by atoms with van der Waals surface area (Å²) in [6.07, 6.45) is 0.407. The zero-order chi connectivity index (χ0) is 11.0. The fourth-order valence-corrected chi connectivity index (χ4v) is 1.05. The lowest BCUT2D eigenvalue weighted by molar-refractivity contribution is -0.144. The molecule has 1 unspecified atom stereocenters. The molecular formula is C10H18O4. The predicted octanol–water partition coefficient (Wildman–Crippen LogP) is 1.18. The fourth-order valence-electron chi connectivity index (χ4n) is 1.05. The molecule has 0 aliphatic rings. The smallest absolute Gasteiger partial charge is 0.306 e. The first-order valence-corrected chi connectivity index (χ1v) is 4.79. The SMILES string of the molecule is CCOC(=O)CCC(=O)C(C)COC. The number of carbonyl (C=O) groups excluding carboxylic acids is 2. The van der Waals surface area contributed by atoms with Crippen LogP contribution in [-0.4, -0.2) is 32.1 Å². The van der Waals surface area contributed by atoms with Crippen LogP contribution in [0.1, 0.15) is 26.7 Å². The van der Waals surface area contributed by atoms with E-state index < -0.39 is 0 Å². The summed E-state index contributed by atoms with van der Waals surface area (Å²) in [6, 6.07) is 0. The molecule has 0 aromatic rings. The molecule has 0 bridgehead atoms. The average Bonchev–Trinajstić information content (AvgIpc) is 2.15. The Labute approximate surface area is 84.6 Å². The third-order valence-electron chi connectivity index (χ3n) is 1.85. The van der Waals surface area contributed by atoms with E-state index in [1.807, 2.05) is 0 Å². The van der Waals surface area contributed by atoms with E-state index in [2.05, 4.69) is 0 Å². The summed E-state index contributed by atoms with van der Waals surface area (Å²) >= 11 is 0. The molecule has 0 aliphatic carbocycles. The standard InChI is InChI=1S/C10H18O4/c1-4-14-10(12)6-5-9(11)8(2)7-13-3/h8H,4-7H2,1-3H3. The van der Waals surface area contributed by atoms with Crippen LogP contribution in [0, 0.1) is 5.92 Å². The van der Waals surface area contributed by atoms with E-state index in [4.69, 9.17) is 9.47 Å². The summed E-state index contributed by atoms with van der Waals surface area (Å²) in [4.78, 5) is 22.3. The van der Waals surface area contributed by atoms with Crippen molar-refractivity contribution in [3.63, 3.8) is 0 Å². The first kappa shape index (κ1) is 13.1. The van der Waals surface area contributed by atoms with Crippen molar-refractivity contribution in [1.82, 2.24) is 0 Å². The van der Waals surface area contributed by atoms with Crippen molar-refractivity contribution < 1.29 is 19.1 Å². The van der Waals surface area contributed by atoms with Gasteiger partial charge >= 0.3 is 5.97 Å². The first-order chi connectivity index (χ1) is 6.61. The highest BCUT2D eigenvalue weighted by molar-refractivity contribution is 5.84. The molecule has 0 amide bonds. The van der Waals surface area contributed by atoms with Gasteiger partial charge in [0.2, 0.25) is 0 Å². The molecule has 0 saturated carbocycles. The van der Waals surface area contributed by atoms with Crippen LogP contribution in [0.15, 0.2) is 0 Å². The lowest BCUT2D eigenvalue weighted by atomic mass is 10.0. The molecule has 0 aromatic carbocycles. The number of carbonyl (C=O) groups is 2. The number of ether oxygens (including phenoxy) is 2. The van der Waals surface area contributed by atoms with Crippen molar-refractivity contribution in [1.29, 1.82) is 0 Å². The van der Waals surface area contributed by atoms with Crippen molar-refractivity contribution in [3.05, 3.63) is 0 Å². The van der Waals surface area contributed by atoms with Crippen LogP contribution in [0.5, 0.6) is 0 Å². The quantitative estimate of drug-likeness (QED) is 0.582. The number of Topliss-reactive ketones (excluding diaryl/α,β-unsaturated/α-hetero) is 1. The zero-order valence-electron chi connectivity index (χ0n) is 9.04. The van der Waals surface area contributed by atoms with Gasteiger partial charge in [0.15, 0.2) is 0 Å². The van der Waals surface area contributed by atoms with E-state index in [9.17, 15) is 9.59 Å². The van der Waals surface area contributed by atoms with Crippen LogP contribution in [0.2, 0.25) is 0 Å². The van der Waals surface area contributed by atoms with Gasteiger partial charge in [-0.25, -0.2) is 0 Å². The van der Waals surface area contributed by atoms with Gasteiger partial charge in [0.05, 0.1) is 19.6 Å². The van der Waals surface area contributed by atoms with Crippen molar-refractivity contribution in [3.8, 4) is 0 Å². The molecule has 0 aliphatic heterocycles. The van der Waals surface area contributed by atoms with Gasteiger partial charge in [-0.15, -0.1) is 0 Å². The highest BCUT2D eigenvalue weighted by atomic mass is 16.5. The Balaban J connectivity index is 3.67. The number of ketones is 1. The van der Waals surface area contributed by atoms with E-state index in [1.165, 1.54) is 0 Å². The topological polar surface area (TPSA) is 52.6 Å². The van der Waals surface area contributed by atoms with E-state index in [0.717, 1.165) is 0 Å². The van der Waals surface area contributed by atoms with Crippen LogP contribution < -0.4 is 0 Å². The number of hydrogen-bond donors (Lipinski definition) is 0. The summed E-state index contributed by atoms with van der Waals surface area (Å²) in [5.74, 6) is -0.417. The van der Waals surface area contributed by atoms with E-state index in [-0.39, 0.29) is 30.5 Å². The van der Waals surface area contributed by atoms with Crippen molar-refractivity contribution in [2.45, 2.75) is 26.7 Å². The molecule has 4 heteroatoms. The van der Waals surface area contributed by atoms with Crippen LogP contribution in [0.3, 0.4) is 0 Å². The molecule has 0 heterocycles. The molecule has 0 spiro atoms. The van der Waals surface area contributed by atoms with Gasteiger partial charge in [0.25, 0.3) is 0 Å². The van der Waals surface area contributed by atoms with Gasteiger partial charge in [-0.1, -0.05) is 6.92 Å². The maximum Gasteiger partial charge on any atom is 0.306 e. The molecule has 82 valence electrons. The molecule has 0 N–H and O–H groups in total. The fraction of sp³-hybridized carbons (Fsp3) is 0.800. The third-order valence-corrected chi connectivity index (χ3v) is 1.85. The van der Waals surface area contributed by atoms with Gasteiger partial charge in [-0.3, -0.25) is 9.59 Å². The number of hydrogen-bond acceptors (Lipinski definition) is 4. The van der Waals surface area contributed by atoms with E-state index in [1.54, 1.807) is 21.0 Å². The molecule has 0 saturated heterocycles. The zero-order valence-corrected chi connectivity index (χ0v) is 9.04. The lowest BCUT2D eigenvalue weighted by Gasteiger charge is -2.08. The van der Waals surface area contributed by atoms with Crippen LogP contribution in [0.4, 0.5) is 0 Å². The Morgan fingerprint density at radius 3 is 2.43 bits per heavy atom. The molecule has 0 rings (SSSR count). The third kappa shape index (κ3) is 5.70. The minimum Gasteiger partial charge on any atom is -0.466 e. The monoisotopic (exact) mass is 202 g/mol. The summed E-state index contributed by atoms with van der Waals surface area (Å²) in [6.45, 7) is 4.30. The highest BCUT2D eigenvalue weighted by Gasteiger charge is 2.14. The van der Waals surface area contributed by atoms with Gasteiger partial charge in [0, 0.05) is 19.4 Å². The number of esters is 1. The second kappa shape index (κ2) is 7.50. The number of rotatable bonds is 7. The maximum atomic E-state index is 11.4. The maximum absolute atomic E-state index is 11.4. The van der Waals surface area contributed by atoms with Gasteiger partial charge in [0.1, 0.15) is 5.78 Å². The average molecular weight is 202 g/mol. The number of methoxy groups -OCH3 is 1. The van der Waals surface area contributed by atoms with E-state index in [0.29, 0.717) is 13.2 Å². The molecule has 4 nitrogen and oxygen atoms in total. The van der Waals surface area contributed by atoms with Gasteiger partial charge in [-0.2, -0.15) is 0 Å². The molecular weight excluding hydrogens is 184 g/mol. The Morgan fingerprint density at radius 2 is 1.93 bits per heavy atom. The van der Waals surface area contributed by atoms with Gasteiger partial charge in [-0.05, 0) is 6.92 Å². The Kier molecular flexibility index (Phi) is 7.02. The minimum absolute atomic E-state index is 0.0416. The molecule has 14 heavy (non-hydrogen) atoms. The normalized spacial score (nSPS) is 12.2. The minimum atomic E-state index is -0.314. The van der Waals surface area contributed by atoms with Crippen molar-refractivity contribution >= 4 is 11.8 Å². The highest BCUT2D eigenvalue weighted by Crippen LogP contribution is 2.04. The molecule has 0 aromatic heterocycles. The molecule has 1 atom stereocenters. The van der Waals surface area contributed by atoms with E-state index >= 15 is 0 Å².